The van der Waals surface area contributed by atoms with Crippen LogP contribution in [0.3, 0.4) is 0 Å². The van der Waals surface area contributed by atoms with Crippen LogP contribution in [-0.2, 0) is 17.9 Å². The molecule has 1 aromatic heterocycles. The Hall–Kier alpha value is -2.34. The van der Waals surface area contributed by atoms with Crippen molar-refractivity contribution in [3.63, 3.8) is 0 Å². The lowest BCUT2D eigenvalue weighted by molar-refractivity contribution is 0.0951. The summed E-state index contributed by atoms with van der Waals surface area (Å²) in [6, 6.07) is 7.03. The van der Waals surface area contributed by atoms with Gasteiger partial charge < -0.3 is 19.4 Å². The highest BCUT2D eigenvalue weighted by Gasteiger charge is 2.08. The van der Waals surface area contributed by atoms with E-state index in [0.29, 0.717) is 25.3 Å². The van der Waals surface area contributed by atoms with Crippen molar-refractivity contribution in [1.82, 2.24) is 14.9 Å². The maximum Gasteiger partial charge on any atom is 0.251 e. The Bertz CT molecular complexity index is 620. The van der Waals surface area contributed by atoms with Gasteiger partial charge in [-0.25, -0.2) is 4.98 Å². The first-order valence-corrected chi connectivity index (χ1v) is 7.08. The van der Waals surface area contributed by atoms with Crippen LogP contribution in [-0.4, -0.2) is 36.2 Å². The summed E-state index contributed by atoms with van der Waals surface area (Å²) in [6.45, 7) is 3.63. The number of hydrogen-bond acceptors (Lipinski definition) is 4. The number of nitrogens with zero attached hydrogens (tertiary/aromatic N) is 2. The van der Waals surface area contributed by atoms with Crippen LogP contribution >= 0.6 is 0 Å². The normalized spacial score (nSPS) is 10.5. The number of carbonyl (C=O) groups is 1. The Balaban J connectivity index is 1.90. The summed E-state index contributed by atoms with van der Waals surface area (Å²) in [6.07, 6.45) is 1.81. The van der Waals surface area contributed by atoms with Crippen LogP contribution < -0.4 is 10.1 Å². The van der Waals surface area contributed by atoms with Gasteiger partial charge in [-0.3, -0.25) is 4.79 Å². The van der Waals surface area contributed by atoms with Crippen molar-refractivity contribution in [2.24, 2.45) is 0 Å². The highest BCUT2D eigenvalue weighted by Crippen LogP contribution is 2.11. The zero-order valence-corrected chi connectivity index (χ0v) is 13.1. The number of nitrogens with one attached hydrogen (secondary N) is 1. The van der Waals surface area contributed by atoms with E-state index in [0.717, 1.165) is 17.3 Å². The zero-order chi connectivity index (χ0) is 15.9. The van der Waals surface area contributed by atoms with Crippen molar-refractivity contribution < 1.29 is 14.3 Å². The molecule has 2 rings (SSSR count). The van der Waals surface area contributed by atoms with Crippen molar-refractivity contribution in [2.45, 2.75) is 20.1 Å². The third-order valence-electron chi connectivity index (χ3n) is 3.38. The van der Waals surface area contributed by atoms with E-state index < -0.39 is 0 Å². The summed E-state index contributed by atoms with van der Waals surface area (Å²) in [5.74, 6) is 1.49. The molecule has 2 aromatic rings. The first-order valence-electron chi connectivity index (χ1n) is 7.08. The zero-order valence-electron chi connectivity index (χ0n) is 13.1. The minimum absolute atomic E-state index is 0.103. The highest BCUT2D eigenvalue weighted by atomic mass is 16.5. The van der Waals surface area contributed by atoms with Gasteiger partial charge in [-0.05, 0) is 31.2 Å². The van der Waals surface area contributed by atoms with Crippen molar-refractivity contribution >= 4 is 5.91 Å². The number of hydrogen-bond donors (Lipinski definition) is 1. The molecule has 0 aliphatic carbocycles. The van der Waals surface area contributed by atoms with E-state index in [2.05, 4.69) is 10.3 Å². The number of methoxy groups -OCH3 is 2. The standard InChI is InChI=1S/C16H21N3O3/c1-12-10-18-15(11-21-2)19(12)9-8-17-16(20)13-4-6-14(22-3)7-5-13/h4-7,10H,8-9,11H2,1-3H3,(H,17,20). The second-order valence-electron chi connectivity index (χ2n) is 4.88. The predicted octanol–water partition coefficient (Wildman–Crippen LogP) is 1.78. The molecule has 6 nitrogen and oxygen atoms in total. The Labute approximate surface area is 130 Å². The maximum atomic E-state index is 12.1. The number of ether oxygens (including phenoxy) is 2. The van der Waals surface area contributed by atoms with E-state index in [1.165, 1.54) is 0 Å². The largest absolute Gasteiger partial charge is 0.497 e. The summed E-state index contributed by atoms with van der Waals surface area (Å²) < 4.78 is 12.2. The second-order valence-corrected chi connectivity index (χ2v) is 4.88. The SMILES string of the molecule is COCc1ncc(C)n1CCNC(=O)c1ccc(OC)cc1. The number of aromatic nitrogens is 2. The van der Waals surface area contributed by atoms with Gasteiger partial charge in [0.1, 0.15) is 18.2 Å². The molecule has 0 bridgehead atoms. The quantitative estimate of drug-likeness (QED) is 0.846. The smallest absolute Gasteiger partial charge is 0.251 e. The van der Waals surface area contributed by atoms with Gasteiger partial charge in [0.15, 0.2) is 0 Å². The second kappa shape index (κ2) is 7.61. The first-order chi connectivity index (χ1) is 10.7. The molecule has 0 saturated heterocycles. The topological polar surface area (TPSA) is 65.4 Å². The number of rotatable bonds is 7. The van der Waals surface area contributed by atoms with Crippen molar-refractivity contribution in [3.8, 4) is 5.75 Å². The summed E-state index contributed by atoms with van der Waals surface area (Å²) >= 11 is 0. The Morgan fingerprint density at radius 3 is 2.64 bits per heavy atom. The molecular formula is C16H21N3O3. The summed E-state index contributed by atoms with van der Waals surface area (Å²) in [5, 5.41) is 2.90. The fourth-order valence-corrected chi connectivity index (χ4v) is 2.19. The molecule has 1 aromatic carbocycles. The van der Waals surface area contributed by atoms with Crippen LogP contribution in [0.15, 0.2) is 30.5 Å². The van der Waals surface area contributed by atoms with Gasteiger partial charge in [0.2, 0.25) is 0 Å². The van der Waals surface area contributed by atoms with Crippen molar-refractivity contribution in [1.29, 1.82) is 0 Å². The van der Waals surface area contributed by atoms with E-state index in [9.17, 15) is 4.79 Å². The monoisotopic (exact) mass is 303 g/mol. The maximum absolute atomic E-state index is 12.1. The molecule has 0 saturated carbocycles. The van der Waals surface area contributed by atoms with Crippen LogP contribution in [0.4, 0.5) is 0 Å². The summed E-state index contributed by atoms with van der Waals surface area (Å²) in [4.78, 5) is 16.4. The Morgan fingerprint density at radius 1 is 1.27 bits per heavy atom. The molecule has 0 aliphatic rings. The van der Waals surface area contributed by atoms with Crippen molar-refractivity contribution in [2.75, 3.05) is 20.8 Å². The highest BCUT2D eigenvalue weighted by molar-refractivity contribution is 5.94. The molecule has 6 heteroatoms. The van der Waals surface area contributed by atoms with E-state index in [4.69, 9.17) is 9.47 Å². The molecule has 22 heavy (non-hydrogen) atoms. The summed E-state index contributed by atoms with van der Waals surface area (Å²) in [5.41, 5.74) is 1.66. The van der Waals surface area contributed by atoms with Crippen LogP contribution in [0.1, 0.15) is 21.9 Å². The molecule has 1 amide bonds. The van der Waals surface area contributed by atoms with Crippen LogP contribution in [0.5, 0.6) is 5.75 Å². The van der Waals surface area contributed by atoms with Gasteiger partial charge in [0.05, 0.1) is 7.11 Å². The van der Waals surface area contributed by atoms with E-state index in [1.807, 2.05) is 11.5 Å². The lowest BCUT2D eigenvalue weighted by Crippen LogP contribution is -2.28. The van der Waals surface area contributed by atoms with E-state index in [1.54, 1.807) is 44.7 Å². The van der Waals surface area contributed by atoms with Crippen LogP contribution in [0.25, 0.3) is 0 Å². The Morgan fingerprint density at radius 2 is 2.00 bits per heavy atom. The molecule has 0 radical (unpaired) electrons. The molecule has 118 valence electrons. The first kappa shape index (κ1) is 16.0. The number of carbonyl (C=O) groups excluding carboxylic acids is 1. The van der Waals surface area contributed by atoms with Gasteiger partial charge in [-0.2, -0.15) is 0 Å². The van der Waals surface area contributed by atoms with E-state index >= 15 is 0 Å². The minimum Gasteiger partial charge on any atom is -0.497 e. The third-order valence-corrected chi connectivity index (χ3v) is 3.38. The molecule has 0 spiro atoms. The Kier molecular flexibility index (Phi) is 5.55. The predicted molar refractivity (Wildman–Crippen MR) is 83.0 cm³/mol. The minimum atomic E-state index is -0.103. The molecule has 0 unspecified atom stereocenters. The lowest BCUT2D eigenvalue weighted by Gasteiger charge is -2.11. The molecule has 1 heterocycles. The van der Waals surface area contributed by atoms with Crippen LogP contribution in [0, 0.1) is 6.92 Å². The molecule has 0 atom stereocenters. The van der Waals surface area contributed by atoms with Gasteiger partial charge in [0, 0.05) is 37.7 Å². The summed E-state index contributed by atoms with van der Waals surface area (Å²) in [7, 11) is 3.24. The molecule has 1 N–H and O–H groups in total. The molecule has 0 fully saturated rings. The average molecular weight is 303 g/mol. The number of imidazole rings is 1. The fraction of sp³-hybridized carbons (Fsp3) is 0.375. The van der Waals surface area contributed by atoms with E-state index in [-0.39, 0.29) is 5.91 Å². The average Bonchev–Trinajstić information content (AvgIpc) is 2.88. The molecule has 0 aliphatic heterocycles. The number of amides is 1. The number of benzene rings is 1. The fourth-order valence-electron chi connectivity index (χ4n) is 2.19. The van der Waals surface area contributed by atoms with Gasteiger partial charge in [-0.15, -0.1) is 0 Å². The van der Waals surface area contributed by atoms with Gasteiger partial charge in [0.25, 0.3) is 5.91 Å². The van der Waals surface area contributed by atoms with Crippen molar-refractivity contribution in [3.05, 3.63) is 47.5 Å². The molecular weight excluding hydrogens is 282 g/mol. The van der Waals surface area contributed by atoms with Crippen LogP contribution in [0.2, 0.25) is 0 Å². The van der Waals surface area contributed by atoms with Gasteiger partial charge in [-0.1, -0.05) is 0 Å². The third kappa shape index (κ3) is 3.85. The van der Waals surface area contributed by atoms with Gasteiger partial charge >= 0.3 is 0 Å². The lowest BCUT2D eigenvalue weighted by atomic mass is 10.2. The number of aryl methyl sites for hydroxylation is 1.